The van der Waals surface area contributed by atoms with Crippen LogP contribution in [0.15, 0.2) is 24.3 Å². The van der Waals surface area contributed by atoms with E-state index in [2.05, 4.69) is 6.92 Å². The third-order valence-corrected chi connectivity index (χ3v) is 5.59. The van der Waals surface area contributed by atoms with Gasteiger partial charge in [0, 0.05) is 12.6 Å². The summed E-state index contributed by atoms with van der Waals surface area (Å²) in [5.74, 6) is 0.0780. The van der Waals surface area contributed by atoms with Crippen molar-refractivity contribution in [1.29, 1.82) is 0 Å². The molecule has 2 rings (SSSR count). The van der Waals surface area contributed by atoms with Crippen LogP contribution in [0.1, 0.15) is 43.4 Å². The highest BCUT2D eigenvalue weighted by Crippen LogP contribution is 2.18. The first-order chi connectivity index (χ1) is 10.00. The lowest BCUT2D eigenvalue weighted by Gasteiger charge is -2.15. The highest BCUT2D eigenvalue weighted by atomic mass is 32.2. The Hall–Kier alpha value is -0.910. The molecular weight excluding hydrogens is 286 g/mol. The van der Waals surface area contributed by atoms with Crippen molar-refractivity contribution < 1.29 is 13.2 Å². The molecule has 0 amide bonds. The molecule has 1 heterocycles. The number of hydrogen-bond acceptors (Lipinski definition) is 4. The molecule has 0 radical (unpaired) electrons. The molecule has 2 N–H and O–H groups in total. The van der Waals surface area contributed by atoms with E-state index in [1.807, 2.05) is 24.3 Å². The average molecular weight is 311 g/mol. The van der Waals surface area contributed by atoms with E-state index in [-0.39, 0.29) is 17.6 Å². The molecule has 21 heavy (non-hydrogen) atoms. The summed E-state index contributed by atoms with van der Waals surface area (Å²) in [4.78, 5) is 0. The summed E-state index contributed by atoms with van der Waals surface area (Å²) in [5.41, 5.74) is 8.20. The lowest BCUT2D eigenvalue weighted by atomic mass is 10.0. The first-order valence-corrected chi connectivity index (χ1v) is 9.49. The maximum Gasteiger partial charge on any atom is 0.154 e. The largest absolute Gasteiger partial charge is 0.377 e. The molecular formula is C16H25NO3S. The van der Waals surface area contributed by atoms with Gasteiger partial charge in [-0.05, 0) is 30.4 Å². The number of ether oxygens (including phenoxy) is 1. The molecule has 1 saturated heterocycles. The van der Waals surface area contributed by atoms with Gasteiger partial charge < -0.3 is 10.5 Å². The first-order valence-electron chi connectivity index (χ1n) is 7.66. The molecule has 4 nitrogen and oxygen atoms in total. The predicted molar refractivity (Wildman–Crippen MR) is 85.0 cm³/mol. The number of rotatable bonds is 7. The monoisotopic (exact) mass is 311 g/mol. The van der Waals surface area contributed by atoms with Crippen LogP contribution >= 0.6 is 0 Å². The topological polar surface area (TPSA) is 69.4 Å². The minimum absolute atomic E-state index is 0.0139. The first kappa shape index (κ1) is 16.5. The van der Waals surface area contributed by atoms with E-state index in [0.29, 0.717) is 6.61 Å². The van der Waals surface area contributed by atoms with Gasteiger partial charge in [0.1, 0.15) is 0 Å². The fraction of sp³-hybridized carbons (Fsp3) is 0.625. The van der Waals surface area contributed by atoms with Gasteiger partial charge in [-0.3, -0.25) is 0 Å². The molecule has 1 aliphatic rings. The van der Waals surface area contributed by atoms with E-state index in [1.54, 1.807) is 0 Å². The van der Waals surface area contributed by atoms with Crippen molar-refractivity contribution >= 4 is 9.84 Å². The molecule has 0 spiro atoms. The van der Waals surface area contributed by atoms with Crippen LogP contribution in [0.4, 0.5) is 0 Å². The van der Waals surface area contributed by atoms with Crippen LogP contribution in [0.5, 0.6) is 0 Å². The smallest absolute Gasteiger partial charge is 0.154 e. The molecule has 1 aromatic rings. The highest BCUT2D eigenvalue weighted by Gasteiger charge is 2.25. The zero-order valence-electron chi connectivity index (χ0n) is 12.6. The van der Waals surface area contributed by atoms with Crippen LogP contribution in [-0.2, 0) is 21.0 Å². The SMILES string of the molecule is CCCc1ccc(C(N)CS(=O)(=O)CC2CCCO2)cc1. The van der Waals surface area contributed by atoms with Crippen LogP contribution in [0.3, 0.4) is 0 Å². The fourth-order valence-electron chi connectivity index (χ4n) is 2.72. The van der Waals surface area contributed by atoms with Gasteiger partial charge in [0.05, 0.1) is 17.6 Å². The maximum atomic E-state index is 12.2. The quantitative estimate of drug-likeness (QED) is 0.838. The van der Waals surface area contributed by atoms with Gasteiger partial charge in [0.15, 0.2) is 9.84 Å². The zero-order chi connectivity index (χ0) is 15.3. The summed E-state index contributed by atoms with van der Waals surface area (Å²) in [6.07, 6.45) is 3.77. The molecule has 2 atom stereocenters. The number of nitrogens with two attached hydrogens (primary N) is 1. The Morgan fingerprint density at radius 3 is 2.62 bits per heavy atom. The van der Waals surface area contributed by atoms with E-state index in [4.69, 9.17) is 10.5 Å². The average Bonchev–Trinajstić information content (AvgIpc) is 2.91. The van der Waals surface area contributed by atoms with Crippen molar-refractivity contribution in [3.63, 3.8) is 0 Å². The maximum absolute atomic E-state index is 12.2. The van der Waals surface area contributed by atoms with Crippen LogP contribution in [0.2, 0.25) is 0 Å². The molecule has 0 aromatic heterocycles. The van der Waals surface area contributed by atoms with Gasteiger partial charge in [0.25, 0.3) is 0 Å². The molecule has 0 aliphatic carbocycles. The number of aryl methyl sites for hydroxylation is 1. The van der Waals surface area contributed by atoms with E-state index < -0.39 is 15.9 Å². The van der Waals surface area contributed by atoms with Gasteiger partial charge in [-0.1, -0.05) is 37.6 Å². The van der Waals surface area contributed by atoms with Crippen LogP contribution < -0.4 is 5.73 Å². The lowest BCUT2D eigenvalue weighted by Crippen LogP contribution is -2.28. The molecule has 118 valence electrons. The predicted octanol–water partition coefficient (Wildman–Crippen LogP) is 2.23. The summed E-state index contributed by atoms with van der Waals surface area (Å²) in [7, 11) is -3.18. The summed E-state index contributed by atoms with van der Waals surface area (Å²) >= 11 is 0. The molecule has 5 heteroatoms. The van der Waals surface area contributed by atoms with Crippen LogP contribution in [0, 0.1) is 0 Å². The zero-order valence-corrected chi connectivity index (χ0v) is 13.4. The Kier molecular flexibility index (Phi) is 5.79. The van der Waals surface area contributed by atoms with Crippen molar-refractivity contribution in [2.45, 2.75) is 44.8 Å². The second kappa shape index (κ2) is 7.38. The van der Waals surface area contributed by atoms with Gasteiger partial charge >= 0.3 is 0 Å². The van der Waals surface area contributed by atoms with Crippen molar-refractivity contribution in [3.05, 3.63) is 35.4 Å². The third kappa shape index (κ3) is 5.09. The Labute approximate surface area is 127 Å². The lowest BCUT2D eigenvalue weighted by molar-refractivity contribution is 0.127. The number of hydrogen-bond donors (Lipinski definition) is 1. The van der Waals surface area contributed by atoms with E-state index >= 15 is 0 Å². The molecule has 1 aromatic carbocycles. The van der Waals surface area contributed by atoms with Crippen LogP contribution in [-0.4, -0.2) is 32.6 Å². The second-order valence-electron chi connectivity index (χ2n) is 5.81. The van der Waals surface area contributed by atoms with Crippen molar-refractivity contribution in [3.8, 4) is 0 Å². The standard InChI is InChI=1S/C16H25NO3S/c1-2-4-13-6-8-14(9-7-13)16(17)12-21(18,19)11-15-5-3-10-20-15/h6-9,15-16H,2-5,10-12,17H2,1H3. The Bertz CT molecular complexity index is 533. The Balaban J connectivity index is 1.94. The van der Waals surface area contributed by atoms with E-state index in [1.165, 1.54) is 5.56 Å². The minimum Gasteiger partial charge on any atom is -0.377 e. The Morgan fingerprint density at radius 2 is 2.05 bits per heavy atom. The second-order valence-corrected chi connectivity index (χ2v) is 7.96. The molecule has 2 unspecified atom stereocenters. The van der Waals surface area contributed by atoms with Gasteiger partial charge in [-0.2, -0.15) is 0 Å². The van der Waals surface area contributed by atoms with Gasteiger partial charge in [-0.25, -0.2) is 8.42 Å². The fourth-order valence-corrected chi connectivity index (χ4v) is 4.42. The summed E-state index contributed by atoms with van der Waals surface area (Å²) in [6, 6.07) is 7.48. The normalized spacial score (nSPS) is 20.6. The van der Waals surface area contributed by atoms with Gasteiger partial charge in [0.2, 0.25) is 0 Å². The van der Waals surface area contributed by atoms with Crippen molar-refractivity contribution in [2.75, 3.05) is 18.1 Å². The molecule has 0 saturated carbocycles. The van der Waals surface area contributed by atoms with Crippen molar-refractivity contribution in [2.24, 2.45) is 5.73 Å². The van der Waals surface area contributed by atoms with E-state index in [0.717, 1.165) is 31.2 Å². The number of benzene rings is 1. The third-order valence-electron chi connectivity index (χ3n) is 3.84. The summed E-state index contributed by atoms with van der Waals surface area (Å²) in [6.45, 7) is 2.81. The molecule has 0 bridgehead atoms. The van der Waals surface area contributed by atoms with E-state index in [9.17, 15) is 8.42 Å². The Morgan fingerprint density at radius 1 is 1.33 bits per heavy atom. The molecule has 1 aliphatic heterocycles. The van der Waals surface area contributed by atoms with Crippen LogP contribution in [0.25, 0.3) is 0 Å². The number of sulfone groups is 1. The van der Waals surface area contributed by atoms with Gasteiger partial charge in [-0.15, -0.1) is 0 Å². The molecule has 1 fully saturated rings. The summed E-state index contributed by atoms with van der Waals surface area (Å²) < 4.78 is 29.8. The highest BCUT2D eigenvalue weighted by molar-refractivity contribution is 7.91. The van der Waals surface area contributed by atoms with Crippen molar-refractivity contribution in [1.82, 2.24) is 0 Å². The minimum atomic E-state index is -3.18. The summed E-state index contributed by atoms with van der Waals surface area (Å²) in [5, 5.41) is 0.